The number of hydrogen-bond acceptors (Lipinski definition) is 2. The molecule has 0 unspecified atom stereocenters. The van der Waals surface area contributed by atoms with E-state index in [0.29, 0.717) is 0 Å². The maximum absolute atomic E-state index is 4.54. The fourth-order valence-electron chi connectivity index (χ4n) is 5.18. The van der Waals surface area contributed by atoms with Gasteiger partial charge in [-0.2, -0.15) is 0 Å². The molecule has 0 saturated carbocycles. The molecule has 0 atom stereocenters. The Morgan fingerprint density at radius 3 is 1.80 bits per heavy atom. The van der Waals surface area contributed by atoms with Gasteiger partial charge >= 0.3 is 0 Å². The largest absolute Gasteiger partial charge is 0.305 e. The minimum atomic E-state index is -0.0479. The summed E-state index contributed by atoms with van der Waals surface area (Å²) >= 11 is 0. The van der Waals surface area contributed by atoms with Crippen molar-refractivity contribution >= 4 is 0 Å². The molecule has 0 bridgehead atoms. The molecule has 3 heteroatoms. The van der Waals surface area contributed by atoms with Crippen LogP contribution in [0.5, 0.6) is 0 Å². The van der Waals surface area contributed by atoms with Crippen LogP contribution in [0, 0.1) is 12.1 Å². The first kappa shape index (κ1) is 33.7. The van der Waals surface area contributed by atoms with E-state index in [1.165, 1.54) is 27.8 Å². The number of benzene rings is 4. The molecular weight excluding hydrogens is 725 g/mol. The van der Waals surface area contributed by atoms with Crippen molar-refractivity contribution in [3.05, 3.63) is 180 Å². The Balaban J connectivity index is 0.000000201. The molecule has 0 fully saturated rings. The minimum Gasteiger partial charge on any atom is -0.305 e. The molecule has 2 aromatic heterocycles. The zero-order valence-electron chi connectivity index (χ0n) is 26.7. The van der Waals surface area contributed by atoms with Gasteiger partial charge < -0.3 is 9.97 Å². The van der Waals surface area contributed by atoms with Gasteiger partial charge in [-0.05, 0) is 57.6 Å². The third-order valence-electron chi connectivity index (χ3n) is 7.98. The summed E-state index contributed by atoms with van der Waals surface area (Å²) in [5.41, 5.74) is 10.6. The number of aromatic nitrogens is 2. The molecule has 0 spiro atoms. The second-order valence-corrected chi connectivity index (χ2v) is 12.6. The van der Waals surface area contributed by atoms with Gasteiger partial charge in [-0.15, -0.1) is 71.3 Å². The number of nitrogens with zero attached hydrogens (tertiary/aromatic N) is 2. The summed E-state index contributed by atoms with van der Waals surface area (Å²) in [4.78, 5) is 9.03. The Hall–Kier alpha value is -4.17. The molecule has 0 aliphatic heterocycles. The van der Waals surface area contributed by atoms with Crippen LogP contribution in [0.3, 0.4) is 0 Å². The number of hydrogen-bond donors (Lipinski definition) is 0. The van der Waals surface area contributed by atoms with Crippen LogP contribution < -0.4 is 0 Å². The van der Waals surface area contributed by atoms with E-state index >= 15 is 0 Å². The topological polar surface area (TPSA) is 25.8 Å². The van der Waals surface area contributed by atoms with Gasteiger partial charge in [0.1, 0.15) is 0 Å². The first-order valence-corrected chi connectivity index (χ1v) is 15.2. The van der Waals surface area contributed by atoms with E-state index in [2.05, 4.69) is 154 Å². The van der Waals surface area contributed by atoms with Gasteiger partial charge in [0.25, 0.3) is 0 Å². The first-order chi connectivity index (χ1) is 21.2. The maximum Gasteiger partial charge on any atom is 0.0163 e. The molecule has 6 rings (SSSR count). The molecule has 229 valence electrons. The zero-order chi connectivity index (χ0) is 31.0. The Morgan fingerprint density at radius 1 is 0.511 bits per heavy atom. The Kier molecular flexibility index (Phi) is 11.4. The molecule has 45 heavy (non-hydrogen) atoms. The van der Waals surface area contributed by atoms with Crippen LogP contribution >= 0.6 is 0 Å². The van der Waals surface area contributed by atoms with Crippen molar-refractivity contribution in [3.8, 4) is 22.5 Å². The van der Waals surface area contributed by atoms with Gasteiger partial charge in [0, 0.05) is 37.9 Å². The predicted octanol–water partition coefficient (Wildman–Crippen LogP) is 10.3. The van der Waals surface area contributed by atoms with E-state index in [1.807, 2.05) is 42.7 Å². The number of pyridine rings is 2. The van der Waals surface area contributed by atoms with Crippen LogP contribution in [-0.4, -0.2) is 9.97 Å². The van der Waals surface area contributed by atoms with Crippen LogP contribution in [-0.2, 0) is 37.4 Å². The van der Waals surface area contributed by atoms with Crippen molar-refractivity contribution in [2.75, 3.05) is 0 Å². The number of rotatable bonds is 6. The summed E-state index contributed by atoms with van der Waals surface area (Å²) in [6.45, 7) is 11.2. The third-order valence-corrected chi connectivity index (χ3v) is 7.98. The molecule has 6 aromatic rings. The van der Waals surface area contributed by atoms with Crippen LogP contribution in [0.4, 0.5) is 0 Å². The summed E-state index contributed by atoms with van der Waals surface area (Å²) in [6, 6.07) is 50.5. The summed E-state index contributed by atoms with van der Waals surface area (Å²) < 4.78 is 0. The van der Waals surface area contributed by atoms with Crippen molar-refractivity contribution in [2.24, 2.45) is 0 Å². The van der Waals surface area contributed by atoms with Crippen LogP contribution in [0.1, 0.15) is 62.4 Å². The van der Waals surface area contributed by atoms with Gasteiger partial charge in [0.05, 0.1) is 0 Å². The molecule has 0 aliphatic rings. The van der Waals surface area contributed by atoms with Gasteiger partial charge in [0.15, 0.2) is 0 Å². The monoisotopic (exact) mass is 765 g/mol. The molecule has 0 saturated heterocycles. The zero-order valence-corrected chi connectivity index (χ0v) is 29.1. The molecule has 0 N–H and O–H groups in total. The SMILES string of the molecule is CC(C)(C)c1cc[c-]c(-c2cc(Cc3ccccc3)ccn2)c1.CC(C)(c1ccccc1)c1ccnc(-c2[c-]cccc2)c1.[Ir]. The van der Waals surface area contributed by atoms with Gasteiger partial charge in [-0.3, -0.25) is 0 Å². The molecule has 4 aromatic carbocycles. The van der Waals surface area contributed by atoms with Crippen molar-refractivity contribution in [1.29, 1.82) is 0 Å². The van der Waals surface area contributed by atoms with Crippen LogP contribution in [0.2, 0.25) is 0 Å². The third kappa shape index (κ3) is 8.94. The quantitative estimate of drug-likeness (QED) is 0.158. The Labute approximate surface area is 283 Å². The Morgan fingerprint density at radius 2 is 1.13 bits per heavy atom. The molecule has 0 aliphatic carbocycles. The standard InChI is InChI=1S/C22H22N.C20H18N.Ir/c1-22(2,3)20-11-7-10-19(16-20)21-15-18(12-13-23-21)14-17-8-5-4-6-9-17;1-20(2,17-11-7-4-8-12-17)18-13-14-21-19(15-18)16-9-5-3-6-10-16;/h4-9,11-13,15-16H,14H2,1-3H3;3-9,11-15H,1-2H3;/q2*-1;. The van der Waals surface area contributed by atoms with E-state index in [-0.39, 0.29) is 30.9 Å². The summed E-state index contributed by atoms with van der Waals surface area (Å²) in [6.07, 6.45) is 4.71. The predicted molar refractivity (Wildman–Crippen MR) is 184 cm³/mol. The normalized spacial score (nSPS) is 11.1. The van der Waals surface area contributed by atoms with E-state index in [9.17, 15) is 0 Å². The second kappa shape index (κ2) is 15.2. The average molecular weight is 765 g/mol. The van der Waals surface area contributed by atoms with E-state index in [4.69, 9.17) is 0 Å². The second-order valence-electron chi connectivity index (χ2n) is 12.6. The van der Waals surface area contributed by atoms with Crippen molar-refractivity contribution < 1.29 is 20.1 Å². The summed E-state index contributed by atoms with van der Waals surface area (Å²) in [7, 11) is 0. The molecule has 1 radical (unpaired) electrons. The molecular formula is C42H40IrN2-2. The fourth-order valence-corrected chi connectivity index (χ4v) is 5.18. The molecule has 0 amide bonds. The summed E-state index contributed by atoms with van der Waals surface area (Å²) in [5.74, 6) is 0. The molecule has 2 heterocycles. The van der Waals surface area contributed by atoms with Crippen LogP contribution in [0.25, 0.3) is 22.5 Å². The summed E-state index contributed by atoms with van der Waals surface area (Å²) in [5, 5.41) is 0. The van der Waals surface area contributed by atoms with E-state index < -0.39 is 0 Å². The Bertz CT molecular complexity index is 1770. The maximum atomic E-state index is 4.54. The van der Waals surface area contributed by atoms with Gasteiger partial charge in [-0.1, -0.05) is 107 Å². The van der Waals surface area contributed by atoms with E-state index in [1.54, 1.807) is 0 Å². The van der Waals surface area contributed by atoms with Crippen molar-refractivity contribution in [3.63, 3.8) is 0 Å². The fraction of sp³-hybridized carbons (Fsp3) is 0.190. The van der Waals surface area contributed by atoms with Crippen molar-refractivity contribution in [2.45, 2.75) is 51.9 Å². The average Bonchev–Trinajstić information content (AvgIpc) is 3.06. The minimum absolute atomic E-state index is 0. The van der Waals surface area contributed by atoms with Gasteiger partial charge in [-0.25, -0.2) is 0 Å². The van der Waals surface area contributed by atoms with Crippen molar-refractivity contribution in [1.82, 2.24) is 9.97 Å². The molecule has 2 nitrogen and oxygen atoms in total. The van der Waals surface area contributed by atoms with Crippen LogP contribution in [0.15, 0.2) is 140 Å². The first-order valence-electron chi connectivity index (χ1n) is 15.2. The van der Waals surface area contributed by atoms with Gasteiger partial charge in [0.2, 0.25) is 0 Å². The smallest absolute Gasteiger partial charge is 0.0163 e. The van der Waals surface area contributed by atoms with E-state index in [0.717, 1.165) is 28.9 Å².